The quantitative estimate of drug-likeness (QED) is 0.804. The Labute approximate surface area is 134 Å². The molecule has 2 aromatic rings. The maximum absolute atomic E-state index is 11.9. The van der Waals surface area contributed by atoms with Crippen LogP contribution in [0.4, 0.5) is 4.79 Å². The van der Waals surface area contributed by atoms with Gasteiger partial charge in [0.25, 0.3) is 5.56 Å². The lowest BCUT2D eigenvalue weighted by Gasteiger charge is -2.09. The zero-order chi connectivity index (χ0) is 16.8. The summed E-state index contributed by atoms with van der Waals surface area (Å²) in [6.07, 6.45) is 0. The Morgan fingerprint density at radius 1 is 1.22 bits per heavy atom. The number of aryl methyl sites for hydroxylation is 2. The lowest BCUT2D eigenvalue weighted by atomic mass is 10.1. The number of pyridine rings is 1. The Kier molecular flexibility index (Phi) is 5.15. The number of hydrogen-bond acceptors (Lipinski definition) is 3. The molecule has 0 aliphatic rings. The van der Waals surface area contributed by atoms with Gasteiger partial charge in [-0.15, -0.1) is 0 Å². The van der Waals surface area contributed by atoms with Crippen LogP contribution in [0.5, 0.6) is 0 Å². The van der Waals surface area contributed by atoms with Crippen LogP contribution in [0.15, 0.2) is 35.1 Å². The van der Waals surface area contributed by atoms with Crippen LogP contribution in [-0.4, -0.2) is 11.0 Å². The molecule has 0 saturated carbocycles. The van der Waals surface area contributed by atoms with E-state index in [9.17, 15) is 9.59 Å². The number of benzene rings is 1. The number of aromatic nitrogens is 1. The molecule has 118 valence electrons. The number of amides is 2. The molecule has 3 N–H and O–H groups in total. The number of carbonyl (C=O) groups excluding carboxylic acids is 1. The standard InChI is InChI=1S/C17H18N4O2/c1-11-6-12(2)21-16(22)15(11)10-20-17(23)19-9-14-5-3-4-13(7-14)8-18/h3-7H,9-10H2,1-2H3,(H,21,22)(H2,19,20,23). The fourth-order valence-corrected chi connectivity index (χ4v) is 2.27. The molecule has 2 amide bonds. The number of rotatable bonds is 4. The van der Waals surface area contributed by atoms with E-state index in [1.54, 1.807) is 18.2 Å². The molecule has 0 aliphatic heterocycles. The molecule has 0 radical (unpaired) electrons. The van der Waals surface area contributed by atoms with Crippen molar-refractivity contribution in [1.82, 2.24) is 15.6 Å². The van der Waals surface area contributed by atoms with Crippen LogP contribution in [0.2, 0.25) is 0 Å². The summed E-state index contributed by atoms with van der Waals surface area (Å²) in [4.78, 5) is 26.4. The largest absolute Gasteiger partial charge is 0.334 e. The maximum atomic E-state index is 11.9. The van der Waals surface area contributed by atoms with Gasteiger partial charge in [-0.25, -0.2) is 4.79 Å². The van der Waals surface area contributed by atoms with Crippen molar-refractivity contribution in [3.63, 3.8) is 0 Å². The van der Waals surface area contributed by atoms with Crippen molar-refractivity contribution in [3.8, 4) is 6.07 Å². The minimum Gasteiger partial charge on any atom is -0.334 e. The number of nitrogens with one attached hydrogen (secondary N) is 3. The molecule has 1 aromatic heterocycles. The Balaban J connectivity index is 1.91. The second-order valence-corrected chi connectivity index (χ2v) is 5.29. The molecule has 0 fully saturated rings. The van der Waals surface area contributed by atoms with Gasteiger partial charge in [0.15, 0.2) is 0 Å². The van der Waals surface area contributed by atoms with E-state index in [4.69, 9.17) is 5.26 Å². The van der Waals surface area contributed by atoms with Gasteiger partial charge in [-0.3, -0.25) is 4.79 Å². The van der Waals surface area contributed by atoms with E-state index in [2.05, 4.69) is 21.7 Å². The first kappa shape index (κ1) is 16.3. The second kappa shape index (κ2) is 7.27. The van der Waals surface area contributed by atoms with Crippen LogP contribution in [0, 0.1) is 25.2 Å². The Morgan fingerprint density at radius 2 is 1.96 bits per heavy atom. The van der Waals surface area contributed by atoms with Gasteiger partial charge < -0.3 is 15.6 Å². The number of H-pyrrole nitrogens is 1. The summed E-state index contributed by atoms with van der Waals surface area (Å²) in [7, 11) is 0. The number of hydrogen-bond donors (Lipinski definition) is 3. The molecule has 1 heterocycles. The van der Waals surface area contributed by atoms with Gasteiger partial charge in [-0.2, -0.15) is 5.26 Å². The molecule has 0 saturated heterocycles. The second-order valence-electron chi connectivity index (χ2n) is 5.29. The van der Waals surface area contributed by atoms with Crippen molar-refractivity contribution in [1.29, 1.82) is 5.26 Å². The van der Waals surface area contributed by atoms with E-state index >= 15 is 0 Å². The van der Waals surface area contributed by atoms with Crippen LogP contribution in [0.25, 0.3) is 0 Å². The average Bonchev–Trinajstić information content (AvgIpc) is 2.52. The van der Waals surface area contributed by atoms with Crippen molar-refractivity contribution < 1.29 is 4.79 Å². The fraction of sp³-hybridized carbons (Fsp3) is 0.235. The summed E-state index contributed by atoms with van der Waals surface area (Å²) in [6.45, 7) is 4.12. The molecule has 0 spiro atoms. The smallest absolute Gasteiger partial charge is 0.315 e. The summed E-state index contributed by atoms with van der Waals surface area (Å²) in [5.74, 6) is 0. The molecule has 0 bridgehead atoms. The molecular formula is C17H18N4O2. The molecule has 6 heteroatoms. The minimum absolute atomic E-state index is 0.158. The zero-order valence-corrected chi connectivity index (χ0v) is 13.1. The number of carbonyl (C=O) groups is 1. The third-order valence-electron chi connectivity index (χ3n) is 3.43. The molecule has 0 aliphatic carbocycles. The van der Waals surface area contributed by atoms with Crippen LogP contribution < -0.4 is 16.2 Å². The van der Waals surface area contributed by atoms with Gasteiger partial charge >= 0.3 is 6.03 Å². The maximum Gasteiger partial charge on any atom is 0.315 e. The highest BCUT2D eigenvalue weighted by Crippen LogP contribution is 2.04. The lowest BCUT2D eigenvalue weighted by Crippen LogP contribution is -2.36. The number of aromatic amines is 1. The predicted octanol–water partition coefficient (Wildman–Crippen LogP) is 1.86. The summed E-state index contributed by atoms with van der Waals surface area (Å²) in [6, 6.07) is 10.6. The number of urea groups is 1. The van der Waals surface area contributed by atoms with Gasteiger partial charge in [0, 0.05) is 17.8 Å². The van der Waals surface area contributed by atoms with E-state index in [1.165, 1.54) is 0 Å². The third kappa shape index (κ3) is 4.45. The Bertz CT molecular complexity index is 818. The number of nitriles is 1. The van der Waals surface area contributed by atoms with Crippen molar-refractivity contribution in [3.05, 3.63) is 68.6 Å². The summed E-state index contributed by atoms with van der Waals surface area (Å²) in [5, 5.41) is 14.2. The first-order chi connectivity index (χ1) is 11.0. The fourth-order valence-electron chi connectivity index (χ4n) is 2.27. The van der Waals surface area contributed by atoms with Crippen LogP contribution >= 0.6 is 0 Å². The normalized spacial score (nSPS) is 9.96. The molecule has 2 rings (SSSR count). The van der Waals surface area contributed by atoms with Crippen molar-refractivity contribution in [2.75, 3.05) is 0 Å². The molecular weight excluding hydrogens is 292 g/mol. The molecule has 0 atom stereocenters. The highest BCUT2D eigenvalue weighted by atomic mass is 16.2. The van der Waals surface area contributed by atoms with E-state index in [-0.39, 0.29) is 18.1 Å². The van der Waals surface area contributed by atoms with Crippen LogP contribution in [-0.2, 0) is 13.1 Å². The molecule has 6 nitrogen and oxygen atoms in total. The topological polar surface area (TPSA) is 97.8 Å². The van der Waals surface area contributed by atoms with Crippen molar-refractivity contribution >= 4 is 6.03 Å². The first-order valence-electron chi connectivity index (χ1n) is 7.19. The van der Waals surface area contributed by atoms with Gasteiger partial charge in [0.1, 0.15) is 0 Å². The summed E-state index contributed by atoms with van der Waals surface area (Å²) >= 11 is 0. The molecule has 0 unspecified atom stereocenters. The van der Waals surface area contributed by atoms with Crippen LogP contribution in [0.3, 0.4) is 0 Å². The Morgan fingerprint density at radius 3 is 2.65 bits per heavy atom. The SMILES string of the molecule is Cc1cc(C)c(CNC(=O)NCc2cccc(C#N)c2)c(=O)[nH]1. The minimum atomic E-state index is -0.369. The van der Waals surface area contributed by atoms with Crippen molar-refractivity contribution in [2.24, 2.45) is 0 Å². The predicted molar refractivity (Wildman–Crippen MR) is 86.8 cm³/mol. The van der Waals surface area contributed by atoms with Gasteiger partial charge in [-0.05, 0) is 43.2 Å². The highest BCUT2D eigenvalue weighted by molar-refractivity contribution is 5.73. The van der Waals surface area contributed by atoms with E-state index in [0.717, 1.165) is 16.8 Å². The lowest BCUT2D eigenvalue weighted by molar-refractivity contribution is 0.240. The van der Waals surface area contributed by atoms with Gasteiger partial charge in [0.05, 0.1) is 18.2 Å². The zero-order valence-electron chi connectivity index (χ0n) is 13.1. The Hall–Kier alpha value is -3.07. The van der Waals surface area contributed by atoms with E-state index in [0.29, 0.717) is 17.7 Å². The summed E-state index contributed by atoms with van der Waals surface area (Å²) in [5.41, 5.74) is 3.36. The average molecular weight is 310 g/mol. The monoisotopic (exact) mass is 310 g/mol. The number of nitrogens with zero attached hydrogens (tertiary/aromatic N) is 1. The molecule has 1 aromatic carbocycles. The molecule has 23 heavy (non-hydrogen) atoms. The highest BCUT2D eigenvalue weighted by Gasteiger charge is 2.07. The summed E-state index contributed by atoms with van der Waals surface area (Å²) < 4.78 is 0. The van der Waals surface area contributed by atoms with Gasteiger partial charge in [0.2, 0.25) is 0 Å². The van der Waals surface area contributed by atoms with E-state index in [1.807, 2.05) is 26.0 Å². The van der Waals surface area contributed by atoms with Gasteiger partial charge in [-0.1, -0.05) is 12.1 Å². The third-order valence-corrected chi connectivity index (χ3v) is 3.43. The van der Waals surface area contributed by atoms with E-state index < -0.39 is 0 Å². The first-order valence-corrected chi connectivity index (χ1v) is 7.19. The van der Waals surface area contributed by atoms with Crippen LogP contribution in [0.1, 0.15) is 27.9 Å². The van der Waals surface area contributed by atoms with Crippen molar-refractivity contribution in [2.45, 2.75) is 26.9 Å².